The van der Waals surface area contributed by atoms with Gasteiger partial charge in [-0.25, -0.2) is 33.9 Å². The first-order valence-corrected chi connectivity index (χ1v) is 6.62. The fraction of sp³-hybridized carbons (Fsp3) is 0.250. The summed E-state index contributed by atoms with van der Waals surface area (Å²) in [5, 5.41) is 3.96. The summed E-state index contributed by atoms with van der Waals surface area (Å²) in [6.07, 6.45) is 3.78. The second-order valence-corrected chi connectivity index (χ2v) is 5.31. The molecule has 0 radical (unpaired) electrons. The van der Waals surface area contributed by atoms with Gasteiger partial charge in [0.2, 0.25) is 16.0 Å². The van der Waals surface area contributed by atoms with Crippen molar-refractivity contribution >= 4 is 16.0 Å². The topological polar surface area (TPSA) is 141 Å². The second kappa shape index (κ2) is 5.26. The van der Waals surface area contributed by atoms with E-state index in [1.165, 1.54) is 11.0 Å². The van der Waals surface area contributed by atoms with Crippen molar-refractivity contribution in [3.05, 3.63) is 24.5 Å². The van der Waals surface area contributed by atoms with Crippen LogP contribution in [0.5, 0.6) is 0 Å². The molecule has 19 heavy (non-hydrogen) atoms. The maximum Gasteiger partial charge on any atom is 0.244 e. The van der Waals surface area contributed by atoms with Gasteiger partial charge >= 0.3 is 0 Å². The van der Waals surface area contributed by atoms with Crippen LogP contribution in [0.25, 0.3) is 0 Å². The van der Waals surface area contributed by atoms with Crippen LogP contribution in [-0.2, 0) is 23.6 Å². The maximum atomic E-state index is 11.9. The van der Waals surface area contributed by atoms with Crippen LogP contribution >= 0.6 is 0 Å². The van der Waals surface area contributed by atoms with Gasteiger partial charge in [0.05, 0.1) is 18.9 Å². The molecular weight excluding hydrogens is 272 g/mol. The molecule has 0 aromatic carbocycles. The molecule has 0 aliphatic heterocycles. The van der Waals surface area contributed by atoms with Crippen LogP contribution in [-0.4, -0.2) is 33.2 Å². The molecule has 0 amide bonds. The van der Waals surface area contributed by atoms with Gasteiger partial charge in [0.15, 0.2) is 5.82 Å². The number of nitrogens with one attached hydrogen (secondary N) is 2. The number of nitrogen functional groups attached to an aromatic ring is 1. The number of aryl methyl sites for hydroxylation is 1. The van der Waals surface area contributed by atoms with E-state index < -0.39 is 10.0 Å². The smallest absolute Gasteiger partial charge is 0.244 e. The normalized spacial score (nSPS) is 11.5. The lowest BCUT2D eigenvalue weighted by molar-refractivity contribution is 0.577. The quantitative estimate of drug-likeness (QED) is 0.439. The number of hydrogen-bond donors (Lipinski definition) is 3. The maximum absolute atomic E-state index is 11.9. The summed E-state index contributed by atoms with van der Waals surface area (Å²) < 4.78 is 27.6. The molecule has 0 spiro atoms. The highest BCUT2D eigenvalue weighted by Crippen LogP contribution is 2.07. The van der Waals surface area contributed by atoms with Crippen molar-refractivity contribution in [3.63, 3.8) is 0 Å². The van der Waals surface area contributed by atoms with Crippen molar-refractivity contribution in [2.24, 2.45) is 12.9 Å². The third-order valence-electron chi connectivity index (χ3n) is 2.13. The van der Waals surface area contributed by atoms with Crippen molar-refractivity contribution < 1.29 is 8.42 Å². The van der Waals surface area contributed by atoms with Crippen molar-refractivity contribution in [3.8, 4) is 0 Å². The summed E-state index contributed by atoms with van der Waals surface area (Å²) in [4.78, 5) is 11.3. The number of nitrogens with two attached hydrogens (primary N) is 1. The second-order valence-electron chi connectivity index (χ2n) is 3.55. The SMILES string of the molecule is Cn1cnc(CNS(=O)(=O)c2cnc(NN)nc2)n1. The first kappa shape index (κ1) is 13.3. The average molecular weight is 284 g/mol. The Balaban J connectivity index is 2.09. The molecule has 0 fully saturated rings. The molecule has 11 heteroatoms. The standard InChI is InChI=1S/C8H12N8O2S/c1-16-5-12-7(15-16)4-13-19(17,18)6-2-10-8(14-9)11-3-6/h2-3,5,13H,4,9H2,1H3,(H,10,11,14). The number of rotatable bonds is 5. The van der Waals surface area contributed by atoms with Gasteiger partial charge in [0, 0.05) is 7.05 Å². The van der Waals surface area contributed by atoms with E-state index in [-0.39, 0.29) is 17.4 Å². The Morgan fingerprint density at radius 3 is 2.53 bits per heavy atom. The summed E-state index contributed by atoms with van der Waals surface area (Å²) >= 11 is 0. The van der Waals surface area contributed by atoms with Gasteiger partial charge in [-0.15, -0.1) is 0 Å². The van der Waals surface area contributed by atoms with Crippen LogP contribution < -0.4 is 16.0 Å². The number of hydrazine groups is 1. The summed E-state index contributed by atoms with van der Waals surface area (Å²) in [5.74, 6) is 5.58. The molecule has 2 heterocycles. The molecule has 0 saturated heterocycles. The molecule has 0 saturated carbocycles. The van der Waals surface area contributed by atoms with Crippen LogP contribution in [0.1, 0.15) is 5.82 Å². The van der Waals surface area contributed by atoms with E-state index in [0.717, 1.165) is 12.4 Å². The Hall–Kier alpha value is -2.11. The highest BCUT2D eigenvalue weighted by Gasteiger charge is 2.15. The molecule has 0 bridgehead atoms. The van der Waals surface area contributed by atoms with Crippen LogP contribution in [0.15, 0.2) is 23.6 Å². The van der Waals surface area contributed by atoms with Crippen LogP contribution in [0.4, 0.5) is 5.95 Å². The van der Waals surface area contributed by atoms with Gasteiger partial charge in [-0.1, -0.05) is 0 Å². The Morgan fingerprint density at radius 1 is 1.32 bits per heavy atom. The molecule has 0 aliphatic rings. The highest BCUT2D eigenvalue weighted by atomic mass is 32.2. The van der Waals surface area contributed by atoms with Gasteiger partial charge < -0.3 is 0 Å². The van der Waals surface area contributed by atoms with Crippen LogP contribution in [0.2, 0.25) is 0 Å². The number of sulfonamides is 1. The van der Waals surface area contributed by atoms with E-state index in [2.05, 4.69) is 30.2 Å². The van der Waals surface area contributed by atoms with Crippen LogP contribution in [0, 0.1) is 0 Å². The minimum Gasteiger partial charge on any atom is -0.292 e. The Bertz CT molecular complexity index is 650. The summed E-state index contributed by atoms with van der Waals surface area (Å²) in [5.41, 5.74) is 2.21. The lowest BCUT2D eigenvalue weighted by Crippen LogP contribution is -2.24. The molecule has 2 rings (SSSR count). The molecule has 10 nitrogen and oxygen atoms in total. The zero-order chi connectivity index (χ0) is 13.9. The van der Waals surface area contributed by atoms with Gasteiger partial charge in [-0.3, -0.25) is 10.1 Å². The molecular formula is C8H12N8O2S. The number of aromatic nitrogens is 5. The van der Waals surface area contributed by atoms with Crippen LogP contribution in [0.3, 0.4) is 0 Å². The molecule has 0 atom stereocenters. The van der Waals surface area contributed by atoms with E-state index in [0.29, 0.717) is 5.82 Å². The summed E-state index contributed by atoms with van der Waals surface area (Å²) in [7, 11) is -2.02. The number of nitrogens with zero attached hydrogens (tertiary/aromatic N) is 5. The van der Waals surface area contributed by atoms with Gasteiger partial charge in [0.25, 0.3) is 0 Å². The van der Waals surface area contributed by atoms with Crippen molar-refractivity contribution in [1.29, 1.82) is 0 Å². The lowest BCUT2D eigenvalue weighted by atomic mass is 10.6. The minimum absolute atomic E-state index is 0.0138. The molecule has 4 N–H and O–H groups in total. The van der Waals surface area contributed by atoms with E-state index in [1.54, 1.807) is 7.05 Å². The predicted molar refractivity (Wildman–Crippen MR) is 64.9 cm³/mol. The zero-order valence-corrected chi connectivity index (χ0v) is 10.8. The molecule has 2 aromatic heterocycles. The largest absolute Gasteiger partial charge is 0.292 e. The third kappa shape index (κ3) is 3.21. The molecule has 102 valence electrons. The summed E-state index contributed by atoms with van der Waals surface area (Å²) in [6, 6.07) is 0. The molecule has 2 aromatic rings. The average Bonchev–Trinajstić information content (AvgIpc) is 2.82. The third-order valence-corrected chi connectivity index (χ3v) is 3.49. The van der Waals surface area contributed by atoms with E-state index in [9.17, 15) is 8.42 Å². The Kier molecular flexibility index (Phi) is 3.69. The number of hydrogen-bond acceptors (Lipinski definition) is 8. The van der Waals surface area contributed by atoms with Crippen molar-refractivity contribution in [2.45, 2.75) is 11.4 Å². The predicted octanol–water partition coefficient (Wildman–Crippen LogP) is -1.63. The van der Waals surface area contributed by atoms with Gasteiger partial charge in [-0.05, 0) is 0 Å². The molecule has 0 aliphatic carbocycles. The minimum atomic E-state index is -3.71. The van der Waals surface area contributed by atoms with E-state index >= 15 is 0 Å². The van der Waals surface area contributed by atoms with Gasteiger partial charge in [-0.2, -0.15) is 5.10 Å². The van der Waals surface area contributed by atoms with Gasteiger partial charge in [0.1, 0.15) is 11.2 Å². The van der Waals surface area contributed by atoms with E-state index in [4.69, 9.17) is 5.84 Å². The molecule has 0 unspecified atom stereocenters. The number of anilines is 1. The highest BCUT2D eigenvalue weighted by molar-refractivity contribution is 7.89. The van der Waals surface area contributed by atoms with Crippen molar-refractivity contribution in [2.75, 3.05) is 5.43 Å². The fourth-order valence-electron chi connectivity index (χ4n) is 1.24. The first-order valence-electron chi connectivity index (χ1n) is 5.14. The van der Waals surface area contributed by atoms with E-state index in [1.807, 2.05) is 0 Å². The first-order chi connectivity index (χ1) is 9.01. The monoisotopic (exact) mass is 284 g/mol. The Labute approximate surface area is 109 Å². The van der Waals surface area contributed by atoms with Crippen molar-refractivity contribution in [1.82, 2.24) is 29.5 Å². The Morgan fingerprint density at radius 2 is 2.00 bits per heavy atom. The zero-order valence-electron chi connectivity index (χ0n) is 9.98. The summed E-state index contributed by atoms with van der Waals surface area (Å²) in [6.45, 7) is -0.0138. The lowest BCUT2D eigenvalue weighted by Gasteiger charge is -2.04. The fourth-order valence-corrected chi connectivity index (χ4v) is 2.11.